The molecule has 150 valence electrons. The molecule has 2 atom stereocenters. The zero-order chi connectivity index (χ0) is 20.3. The molecular formula is C20H25N2O4S2+. The van der Waals surface area contributed by atoms with Crippen LogP contribution >= 0.6 is 22.7 Å². The van der Waals surface area contributed by atoms with Crippen molar-refractivity contribution in [3.63, 3.8) is 0 Å². The van der Waals surface area contributed by atoms with Crippen LogP contribution in [0.25, 0.3) is 0 Å². The van der Waals surface area contributed by atoms with E-state index in [-0.39, 0.29) is 23.9 Å². The van der Waals surface area contributed by atoms with E-state index in [1.165, 1.54) is 16.7 Å². The van der Waals surface area contributed by atoms with Crippen LogP contribution < -0.4 is 10.2 Å². The summed E-state index contributed by atoms with van der Waals surface area (Å²) in [5.74, 6) is -0.791. The molecule has 1 saturated heterocycles. The number of ketones is 1. The molecule has 0 radical (unpaired) electrons. The Labute approximate surface area is 172 Å². The van der Waals surface area contributed by atoms with Crippen molar-refractivity contribution >= 4 is 45.3 Å². The first-order chi connectivity index (χ1) is 13.4. The van der Waals surface area contributed by atoms with Crippen molar-refractivity contribution in [2.45, 2.75) is 39.7 Å². The van der Waals surface area contributed by atoms with Gasteiger partial charge in [-0.1, -0.05) is 6.07 Å². The molecule has 1 amide bonds. The third-order valence-corrected chi connectivity index (χ3v) is 7.25. The second kappa shape index (κ2) is 8.98. The molecule has 2 aromatic rings. The van der Waals surface area contributed by atoms with Crippen molar-refractivity contribution in [3.8, 4) is 0 Å². The van der Waals surface area contributed by atoms with E-state index in [1.54, 1.807) is 25.2 Å². The van der Waals surface area contributed by atoms with E-state index in [2.05, 4.69) is 16.8 Å². The average molecular weight is 422 g/mol. The van der Waals surface area contributed by atoms with Crippen LogP contribution in [0.15, 0.2) is 17.5 Å². The number of hydrogen-bond donors (Lipinski definition) is 2. The van der Waals surface area contributed by atoms with Crippen LogP contribution in [0.2, 0.25) is 0 Å². The number of carbonyl (C=O) groups is 3. The first kappa shape index (κ1) is 20.7. The molecule has 28 heavy (non-hydrogen) atoms. The molecule has 1 aliphatic heterocycles. The zero-order valence-electron chi connectivity index (χ0n) is 16.3. The molecule has 3 rings (SSSR count). The number of quaternary nitrogens is 1. The van der Waals surface area contributed by atoms with Gasteiger partial charge >= 0.3 is 5.97 Å². The lowest BCUT2D eigenvalue weighted by molar-refractivity contribution is -0.910. The number of hydrogen-bond acceptors (Lipinski definition) is 6. The second-order valence-corrected chi connectivity index (χ2v) is 8.88. The van der Waals surface area contributed by atoms with Crippen molar-refractivity contribution in [2.24, 2.45) is 0 Å². The average Bonchev–Trinajstić information content (AvgIpc) is 3.35. The van der Waals surface area contributed by atoms with E-state index in [1.807, 2.05) is 6.07 Å². The number of ether oxygens (including phenoxy) is 1. The predicted octanol–water partition coefficient (Wildman–Crippen LogP) is 2.86. The number of rotatable bonds is 7. The quantitative estimate of drug-likeness (QED) is 0.532. The summed E-state index contributed by atoms with van der Waals surface area (Å²) in [6, 6.07) is 4.51. The molecule has 0 saturated carbocycles. The van der Waals surface area contributed by atoms with Gasteiger partial charge in [0.15, 0.2) is 12.3 Å². The summed E-state index contributed by atoms with van der Waals surface area (Å²) in [7, 11) is 0. The Morgan fingerprint density at radius 3 is 2.79 bits per heavy atom. The van der Waals surface area contributed by atoms with Crippen molar-refractivity contribution in [3.05, 3.63) is 38.4 Å². The van der Waals surface area contributed by atoms with Crippen LogP contribution in [0.5, 0.6) is 0 Å². The summed E-state index contributed by atoms with van der Waals surface area (Å²) in [5.41, 5.74) is 0.855. The Morgan fingerprint density at radius 1 is 1.36 bits per heavy atom. The third kappa shape index (κ3) is 4.34. The Bertz CT molecular complexity index is 873. The van der Waals surface area contributed by atoms with Crippen LogP contribution in [0, 0.1) is 6.92 Å². The van der Waals surface area contributed by atoms with Gasteiger partial charge in [-0.2, -0.15) is 0 Å². The highest BCUT2D eigenvalue weighted by Crippen LogP contribution is 2.34. The van der Waals surface area contributed by atoms with E-state index in [0.29, 0.717) is 28.0 Å². The standard InChI is InChI=1S/C20H24N2O4S2/c1-4-26-20(25)17-12(2)18(13(3)23)28-19(17)21-16(24)11-22-9-5-7-14(22)15-8-6-10-27-15/h6,8,10,14H,4-5,7,9,11H2,1-3H3,(H,21,24)/p+1/t14-/m0/s1. The molecule has 1 fully saturated rings. The fraction of sp³-hybridized carbons (Fsp3) is 0.450. The molecule has 0 aliphatic carbocycles. The summed E-state index contributed by atoms with van der Waals surface area (Å²) in [4.78, 5) is 40.0. The minimum absolute atomic E-state index is 0.128. The molecule has 0 aromatic carbocycles. The number of anilines is 1. The monoisotopic (exact) mass is 421 g/mol. The topological polar surface area (TPSA) is 76.9 Å². The van der Waals surface area contributed by atoms with E-state index in [9.17, 15) is 14.4 Å². The summed E-state index contributed by atoms with van der Waals surface area (Å²) in [6.07, 6.45) is 2.16. The number of carbonyl (C=O) groups excluding carboxylic acids is 3. The van der Waals surface area contributed by atoms with Crippen molar-refractivity contribution in [1.29, 1.82) is 0 Å². The first-order valence-corrected chi connectivity index (χ1v) is 11.1. The lowest BCUT2D eigenvalue weighted by atomic mass is 10.1. The molecule has 8 heteroatoms. The van der Waals surface area contributed by atoms with E-state index in [4.69, 9.17) is 4.74 Å². The minimum atomic E-state index is -0.510. The second-order valence-electron chi connectivity index (χ2n) is 6.88. The molecule has 0 bridgehead atoms. The van der Waals surface area contributed by atoms with Crippen molar-refractivity contribution in [1.82, 2.24) is 0 Å². The Kier molecular flexibility index (Phi) is 6.64. The maximum absolute atomic E-state index is 12.7. The summed E-state index contributed by atoms with van der Waals surface area (Å²) in [5, 5.41) is 5.33. The largest absolute Gasteiger partial charge is 0.462 e. The van der Waals surface area contributed by atoms with Crippen LogP contribution in [0.1, 0.15) is 63.2 Å². The SMILES string of the molecule is CCOC(=O)c1c(NC(=O)C[NH+]2CCC[C@H]2c2cccs2)sc(C(C)=O)c1C. The van der Waals surface area contributed by atoms with E-state index in [0.717, 1.165) is 30.7 Å². The third-order valence-electron chi connectivity index (χ3n) is 4.96. The highest BCUT2D eigenvalue weighted by Gasteiger charge is 2.33. The van der Waals surface area contributed by atoms with Crippen LogP contribution in [0.4, 0.5) is 5.00 Å². The number of Topliss-reactive ketones (excluding diaryl/α,β-unsaturated/α-hetero) is 1. The maximum atomic E-state index is 12.7. The molecule has 6 nitrogen and oxygen atoms in total. The van der Waals surface area contributed by atoms with E-state index >= 15 is 0 Å². The van der Waals surface area contributed by atoms with Gasteiger partial charge in [-0.15, -0.1) is 22.7 Å². The van der Waals surface area contributed by atoms with Gasteiger partial charge in [-0.3, -0.25) is 9.59 Å². The summed E-state index contributed by atoms with van der Waals surface area (Å²) >= 11 is 2.87. The number of esters is 1. The molecule has 2 N–H and O–H groups in total. The fourth-order valence-electron chi connectivity index (χ4n) is 3.72. The van der Waals surface area contributed by atoms with Crippen LogP contribution in [-0.4, -0.2) is 37.4 Å². The maximum Gasteiger partial charge on any atom is 0.341 e. The number of amides is 1. The van der Waals surface area contributed by atoms with Crippen molar-refractivity contribution < 1.29 is 24.0 Å². The van der Waals surface area contributed by atoms with E-state index < -0.39 is 5.97 Å². The van der Waals surface area contributed by atoms with Gasteiger partial charge in [0.2, 0.25) is 0 Å². The van der Waals surface area contributed by atoms with Gasteiger partial charge < -0.3 is 15.0 Å². The minimum Gasteiger partial charge on any atom is -0.462 e. The predicted molar refractivity (Wildman–Crippen MR) is 111 cm³/mol. The van der Waals surface area contributed by atoms with Gasteiger partial charge in [-0.05, 0) is 37.8 Å². The Hall–Kier alpha value is -2.03. The number of nitrogens with one attached hydrogen (secondary N) is 2. The lowest BCUT2D eigenvalue weighted by Gasteiger charge is -2.20. The molecule has 1 unspecified atom stereocenters. The zero-order valence-corrected chi connectivity index (χ0v) is 17.9. The lowest BCUT2D eigenvalue weighted by Crippen LogP contribution is -3.11. The highest BCUT2D eigenvalue weighted by molar-refractivity contribution is 7.18. The summed E-state index contributed by atoms with van der Waals surface area (Å²) < 4.78 is 5.12. The normalized spacial score (nSPS) is 18.8. The van der Waals surface area contributed by atoms with Gasteiger partial charge in [0.1, 0.15) is 11.0 Å². The molecule has 0 spiro atoms. The number of thiophene rings is 2. The molecular weight excluding hydrogens is 396 g/mol. The van der Waals surface area contributed by atoms with Gasteiger partial charge in [0.05, 0.1) is 28.5 Å². The Balaban J connectivity index is 1.77. The molecule has 2 aromatic heterocycles. The van der Waals surface area contributed by atoms with Gasteiger partial charge in [0.25, 0.3) is 5.91 Å². The van der Waals surface area contributed by atoms with Crippen molar-refractivity contribution in [2.75, 3.05) is 25.0 Å². The highest BCUT2D eigenvalue weighted by atomic mass is 32.1. The first-order valence-electron chi connectivity index (χ1n) is 9.41. The molecule has 3 heterocycles. The Morgan fingerprint density at radius 2 is 2.14 bits per heavy atom. The number of likely N-dealkylation sites (tertiary alicyclic amines) is 1. The molecule has 1 aliphatic rings. The fourth-order valence-corrected chi connectivity index (χ4v) is 5.75. The van der Waals surface area contributed by atoms with Gasteiger partial charge in [0, 0.05) is 12.8 Å². The van der Waals surface area contributed by atoms with Crippen LogP contribution in [-0.2, 0) is 9.53 Å². The van der Waals surface area contributed by atoms with Gasteiger partial charge in [-0.25, -0.2) is 4.79 Å². The van der Waals surface area contributed by atoms with Crippen LogP contribution in [0.3, 0.4) is 0 Å². The smallest absolute Gasteiger partial charge is 0.341 e. The summed E-state index contributed by atoms with van der Waals surface area (Å²) in [6.45, 7) is 6.41.